The summed E-state index contributed by atoms with van der Waals surface area (Å²) >= 11 is 0. The molecule has 7 unspecified atom stereocenters. The summed E-state index contributed by atoms with van der Waals surface area (Å²) in [5.41, 5.74) is 9.05. The number of carbonyl (C=O) groups excluding carboxylic acids is 1. The summed E-state index contributed by atoms with van der Waals surface area (Å²) in [5, 5.41) is 14.3. The van der Waals surface area contributed by atoms with Crippen molar-refractivity contribution < 1.29 is 13.9 Å². The maximum Gasteiger partial charge on any atom is 0.229 e. The van der Waals surface area contributed by atoms with Gasteiger partial charge in [0.1, 0.15) is 6.17 Å². The maximum absolute atomic E-state index is 13.5. The largest absolute Gasteiger partial charge is 0.379 e. The highest BCUT2D eigenvalue weighted by atomic mass is 19.1. The molecule has 7 N–H and O–H groups in total. The molecule has 3 heterocycles. The number of piperidine rings is 1. The van der Waals surface area contributed by atoms with Crippen molar-refractivity contribution in [2.45, 2.75) is 43.2 Å². The number of rotatable bonds is 4. The lowest BCUT2D eigenvalue weighted by molar-refractivity contribution is -0.129. The lowest BCUT2D eigenvalue weighted by Gasteiger charge is -2.38. The number of carbonyl (C=O) groups is 1. The number of amides is 1. The summed E-state index contributed by atoms with van der Waals surface area (Å²) in [6.07, 6.45) is -0.976. The van der Waals surface area contributed by atoms with Gasteiger partial charge < -0.3 is 21.1 Å². The Balaban J connectivity index is 1.62. The summed E-state index contributed by atoms with van der Waals surface area (Å²) in [4.78, 5) is 12.8. The van der Waals surface area contributed by atoms with Gasteiger partial charge >= 0.3 is 0 Å². The molecular weight excluding hydrogens is 317 g/mol. The zero-order valence-corrected chi connectivity index (χ0v) is 14.1. The van der Waals surface area contributed by atoms with E-state index in [-0.39, 0.29) is 43.5 Å². The molecule has 10 heteroatoms. The van der Waals surface area contributed by atoms with Gasteiger partial charge in [0, 0.05) is 33.2 Å². The van der Waals surface area contributed by atoms with Gasteiger partial charge in [0.05, 0.1) is 36.6 Å². The summed E-state index contributed by atoms with van der Waals surface area (Å²) in [6, 6.07) is -0.133. The summed E-state index contributed by atoms with van der Waals surface area (Å²) in [7, 11) is 3.53. The van der Waals surface area contributed by atoms with E-state index in [1.807, 2.05) is 7.05 Å². The second-order valence-electron chi connectivity index (χ2n) is 6.66. The first-order valence-electron chi connectivity index (χ1n) is 8.43. The van der Waals surface area contributed by atoms with E-state index in [9.17, 15) is 9.18 Å². The number of nitrogens with zero attached hydrogens (tertiary/aromatic N) is 1. The van der Waals surface area contributed by atoms with E-state index in [2.05, 4.69) is 26.7 Å². The molecular formula is C14H28FN7O2. The number of ether oxygens (including phenoxy) is 1. The van der Waals surface area contributed by atoms with Crippen molar-refractivity contribution in [3.8, 4) is 0 Å². The third kappa shape index (κ3) is 3.54. The van der Waals surface area contributed by atoms with Gasteiger partial charge in [-0.2, -0.15) is 0 Å². The van der Waals surface area contributed by atoms with Gasteiger partial charge in [0.2, 0.25) is 5.91 Å². The Kier molecular flexibility index (Phi) is 5.65. The lowest BCUT2D eigenvalue weighted by Crippen LogP contribution is -2.63. The molecule has 24 heavy (non-hydrogen) atoms. The van der Waals surface area contributed by atoms with Gasteiger partial charge in [-0.25, -0.2) is 14.8 Å². The highest BCUT2D eigenvalue weighted by molar-refractivity contribution is 5.80. The van der Waals surface area contributed by atoms with Crippen LogP contribution in [0.1, 0.15) is 6.42 Å². The van der Waals surface area contributed by atoms with Crippen LogP contribution in [-0.2, 0) is 9.53 Å². The van der Waals surface area contributed by atoms with Gasteiger partial charge in [-0.1, -0.05) is 0 Å². The smallest absolute Gasteiger partial charge is 0.229 e. The zero-order chi connectivity index (χ0) is 17.3. The van der Waals surface area contributed by atoms with E-state index in [0.717, 1.165) is 6.42 Å². The van der Waals surface area contributed by atoms with Crippen LogP contribution in [0.2, 0.25) is 0 Å². The van der Waals surface area contributed by atoms with Crippen LogP contribution in [0.3, 0.4) is 0 Å². The molecule has 3 fully saturated rings. The monoisotopic (exact) mass is 345 g/mol. The van der Waals surface area contributed by atoms with Gasteiger partial charge in [0.15, 0.2) is 0 Å². The van der Waals surface area contributed by atoms with Crippen LogP contribution >= 0.6 is 0 Å². The number of nitrogens with two attached hydrogens (primary N) is 1. The minimum Gasteiger partial charge on any atom is -0.379 e. The Morgan fingerprint density at radius 2 is 2.17 bits per heavy atom. The number of hydrogen-bond acceptors (Lipinski definition) is 8. The topological polar surface area (TPSA) is 116 Å². The number of halogens is 1. The van der Waals surface area contributed by atoms with E-state index >= 15 is 0 Å². The molecule has 0 aliphatic carbocycles. The summed E-state index contributed by atoms with van der Waals surface area (Å²) in [5.74, 6) is -0.638. The van der Waals surface area contributed by atoms with E-state index in [4.69, 9.17) is 10.5 Å². The standard InChI is InChI=1S/C14H28FN7O2/c1-17-10-3-9(24-2)8(5-18-10)20-14(23)11-12(16)21-22-6-7(15)4-19-13(11)22/h7-13,17-19,21H,3-6,16H2,1-2H3,(H,20,23). The first-order chi connectivity index (χ1) is 11.5. The molecule has 9 nitrogen and oxygen atoms in total. The highest BCUT2D eigenvalue weighted by Gasteiger charge is 2.47. The van der Waals surface area contributed by atoms with Crippen LogP contribution in [0.5, 0.6) is 0 Å². The fraction of sp³-hybridized carbons (Fsp3) is 0.929. The Labute approximate surface area is 141 Å². The fourth-order valence-corrected chi connectivity index (χ4v) is 3.76. The summed E-state index contributed by atoms with van der Waals surface area (Å²) < 4.78 is 19.0. The van der Waals surface area contributed by atoms with Crippen molar-refractivity contribution in [3.05, 3.63) is 0 Å². The molecule has 1 amide bonds. The normalized spacial score (nSPS) is 43.4. The third-order valence-corrected chi connectivity index (χ3v) is 5.10. The van der Waals surface area contributed by atoms with Crippen LogP contribution < -0.4 is 32.4 Å². The fourth-order valence-electron chi connectivity index (χ4n) is 3.76. The predicted octanol–water partition coefficient (Wildman–Crippen LogP) is -2.99. The molecule has 3 aliphatic heterocycles. The van der Waals surface area contributed by atoms with E-state index in [1.54, 1.807) is 12.1 Å². The summed E-state index contributed by atoms with van der Waals surface area (Å²) in [6.45, 7) is 1.07. The molecule has 0 aromatic heterocycles. The first-order valence-corrected chi connectivity index (χ1v) is 8.43. The molecule has 0 bridgehead atoms. The number of nitrogens with one attached hydrogen (secondary N) is 5. The molecule has 0 saturated carbocycles. The average molecular weight is 345 g/mol. The molecule has 3 aliphatic rings. The van der Waals surface area contributed by atoms with Crippen molar-refractivity contribution in [3.63, 3.8) is 0 Å². The zero-order valence-electron chi connectivity index (χ0n) is 14.1. The molecule has 3 rings (SSSR count). The van der Waals surface area contributed by atoms with Crippen LogP contribution in [0.15, 0.2) is 0 Å². The van der Waals surface area contributed by atoms with E-state index in [0.29, 0.717) is 6.54 Å². The number of hydrazine groups is 1. The van der Waals surface area contributed by atoms with Crippen molar-refractivity contribution in [1.82, 2.24) is 31.7 Å². The molecule has 7 atom stereocenters. The predicted molar refractivity (Wildman–Crippen MR) is 86.2 cm³/mol. The number of hydrogen-bond donors (Lipinski definition) is 6. The highest BCUT2D eigenvalue weighted by Crippen LogP contribution is 2.22. The molecule has 3 saturated heterocycles. The lowest BCUT2D eigenvalue weighted by atomic mass is 9.97. The second-order valence-corrected chi connectivity index (χ2v) is 6.66. The molecule has 0 aromatic carbocycles. The minimum absolute atomic E-state index is 0.0797. The minimum atomic E-state index is -0.971. The number of methoxy groups -OCH3 is 1. The molecule has 0 radical (unpaired) electrons. The van der Waals surface area contributed by atoms with Crippen molar-refractivity contribution >= 4 is 5.91 Å². The van der Waals surface area contributed by atoms with Crippen molar-refractivity contribution in [2.24, 2.45) is 11.7 Å². The second kappa shape index (κ2) is 7.56. The van der Waals surface area contributed by atoms with E-state index in [1.165, 1.54) is 0 Å². The quantitative estimate of drug-likeness (QED) is 0.320. The van der Waals surface area contributed by atoms with Crippen LogP contribution in [0.25, 0.3) is 0 Å². The van der Waals surface area contributed by atoms with Gasteiger partial charge in [-0.05, 0) is 7.05 Å². The Morgan fingerprint density at radius 3 is 2.88 bits per heavy atom. The van der Waals surface area contributed by atoms with Crippen LogP contribution in [0, 0.1) is 5.92 Å². The molecule has 0 aromatic rings. The Bertz CT molecular complexity index is 457. The van der Waals surface area contributed by atoms with Gasteiger partial charge in [-0.3, -0.25) is 15.4 Å². The average Bonchev–Trinajstić information content (AvgIpc) is 2.89. The van der Waals surface area contributed by atoms with Gasteiger partial charge in [0.25, 0.3) is 0 Å². The van der Waals surface area contributed by atoms with Gasteiger partial charge in [-0.15, -0.1) is 0 Å². The SMILES string of the molecule is CNC1CC(OC)C(NC(=O)C2C(N)NN3CC(F)CNC23)CN1. The van der Waals surface area contributed by atoms with Crippen LogP contribution in [-0.4, -0.2) is 81.5 Å². The van der Waals surface area contributed by atoms with E-state index < -0.39 is 18.3 Å². The first kappa shape index (κ1) is 17.9. The number of fused-ring (bicyclic) bond motifs is 1. The van der Waals surface area contributed by atoms with Crippen LogP contribution in [0.4, 0.5) is 4.39 Å². The molecule has 138 valence electrons. The molecule has 0 spiro atoms. The third-order valence-electron chi connectivity index (χ3n) is 5.10. The van der Waals surface area contributed by atoms with Crippen molar-refractivity contribution in [2.75, 3.05) is 33.8 Å². The Hall–Kier alpha value is -0.880. The van der Waals surface area contributed by atoms with Crippen molar-refractivity contribution in [1.29, 1.82) is 0 Å². The Morgan fingerprint density at radius 1 is 1.38 bits per heavy atom. The number of alkyl halides is 1. The maximum atomic E-state index is 13.5.